The maximum absolute atomic E-state index is 13.5. The molecule has 0 radical (unpaired) electrons. The minimum atomic E-state index is -0.973. The first-order valence-electron chi connectivity index (χ1n) is 6.50. The van der Waals surface area contributed by atoms with Gasteiger partial charge in [0.05, 0.1) is 24.5 Å². The van der Waals surface area contributed by atoms with Crippen LogP contribution in [0.2, 0.25) is 0 Å². The van der Waals surface area contributed by atoms with Crippen LogP contribution in [0.5, 0.6) is 0 Å². The van der Waals surface area contributed by atoms with E-state index in [0.29, 0.717) is 11.0 Å². The summed E-state index contributed by atoms with van der Waals surface area (Å²) in [5.41, 5.74) is 0.665. The largest absolute Gasteiger partial charge is 0.317 e. The Labute approximate surface area is 121 Å². The molecule has 2 aromatic rings. The molecule has 7 heteroatoms. The number of imidazole rings is 1. The third-order valence-corrected chi connectivity index (χ3v) is 3.39. The molecule has 5 nitrogen and oxygen atoms in total. The molecule has 0 spiro atoms. The van der Waals surface area contributed by atoms with E-state index in [-0.39, 0.29) is 11.8 Å². The fraction of sp³-hybridized carbons (Fsp3) is 0.429. The van der Waals surface area contributed by atoms with Gasteiger partial charge in [0.15, 0.2) is 11.6 Å². The molecule has 0 aliphatic heterocycles. The number of amides is 1. The lowest BCUT2D eigenvalue weighted by Gasteiger charge is -2.26. The molecular weight excluding hydrogens is 280 g/mol. The number of halogens is 2. The van der Waals surface area contributed by atoms with Gasteiger partial charge in [0.2, 0.25) is 0 Å². The van der Waals surface area contributed by atoms with Gasteiger partial charge in [0.25, 0.3) is 5.91 Å². The lowest BCUT2D eigenvalue weighted by atomic mass is 10.0. The minimum Gasteiger partial charge on any atom is -0.317 e. The zero-order valence-corrected chi connectivity index (χ0v) is 12.3. The molecule has 1 amide bonds. The first-order valence-corrected chi connectivity index (χ1v) is 6.50. The van der Waals surface area contributed by atoms with Crippen molar-refractivity contribution in [3.63, 3.8) is 0 Å². The standard InChI is InChI=1S/C14H17F2N3O2/c1-8(2)13(14(20)18(3)21-4)19-7-17-11-5-9(15)10(16)6-12(11)19/h5-8,13H,1-4H3/t13-/m1/s1. The summed E-state index contributed by atoms with van der Waals surface area (Å²) in [4.78, 5) is 21.3. The van der Waals surface area contributed by atoms with Crippen molar-refractivity contribution in [2.75, 3.05) is 14.2 Å². The third-order valence-electron chi connectivity index (χ3n) is 3.39. The van der Waals surface area contributed by atoms with E-state index in [9.17, 15) is 13.6 Å². The molecule has 0 aliphatic rings. The van der Waals surface area contributed by atoms with Crippen molar-refractivity contribution >= 4 is 16.9 Å². The summed E-state index contributed by atoms with van der Waals surface area (Å²) in [5.74, 6) is -2.31. The number of benzene rings is 1. The van der Waals surface area contributed by atoms with Crippen molar-refractivity contribution in [2.24, 2.45) is 5.92 Å². The Morgan fingerprint density at radius 1 is 1.33 bits per heavy atom. The average molecular weight is 297 g/mol. The van der Waals surface area contributed by atoms with Gasteiger partial charge < -0.3 is 4.57 Å². The van der Waals surface area contributed by atoms with Crippen LogP contribution in [0.4, 0.5) is 8.78 Å². The number of carbonyl (C=O) groups is 1. The number of hydrogen-bond acceptors (Lipinski definition) is 3. The second-order valence-electron chi connectivity index (χ2n) is 5.11. The van der Waals surface area contributed by atoms with Crippen LogP contribution < -0.4 is 0 Å². The quantitative estimate of drug-likeness (QED) is 0.815. The van der Waals surface area contributed by atoms with Gasteiger partial charge in [-0.2, -0.15) is 0 Å². The summed E-state index contributed by atoms with van der Waals surface area (Å²) < 4.78 is 28.2. The van der Waals surface area contributed by atoms with Crippen molar-refractivity contribution in [3.8, 4) is 0 Å². The molecule has 0 aliphatic carbocycles. The SMILES string of the molecule is CON(C)C(=O)[C@@H](C(C)C)n1cnc2cc(F)c(F)cc21. The van der Waals surface area contributed by atoms with Gasteiger partial charge in [-0.25, -0.2) is 18.8 Å². The van der Waals surface area contributed by atoms with Crippen LogP contribution in [0.25, 0.3) is 11.0 Å². The van der Waals surface area contributed by atoms with Crippen molar-refractivity contribution in [2.45, 2.75) is 19.9 Å². The van der Waals surface area contributed by atoms with Crippen molar-refractivity contribution in [3.05, 3.63) is 30.1 Å². The highest BCUT2D eigenvalue weighted by Crippen LogP contribution is 2.26. The molecule has 21 heavy (non-hydrogen) atoms. The monoisotopic (exact) mass is 297 g/mol. The molecule has 0 fully saturated rings. The summed E-state index contributed by atoms with van der Waals surface area (Å²) in [5, 5.41) is 1.11. The van der Waals surface area contributed by atoms with Crippen LogP contribution in [0.3, 0.4) is 0 Å². The van der Waals surface area contributed by atoms with E-state index in [0.717, 1.165) is 17.2 Å². The molecule has 1 heterocycles. The highest BCUT2D eigenvalue weighted by molar-refractivity contribution is 5.83. The normalized spacial score (nSPS) is 12.9. The van der Waals surface area contributed by atoms with E-state index in [1.165, 1.54) is 20.5 Å². The summed E-state index contributed by atoms with van der Waals surface area (Å²) in [6.45, 7) is 3.72. The van der Waals surface area contributed by atoms with Crippen molar-refractivity contribution < 1.29 is 18.4 Å². The Balaban J connectivity index is 2.56. The lowest BCUT2D eigenvalue weighted by molar-refractivity contribution is -0.173. The molecule has 2 rings (SSSR count). The van der Waals surface area contributed by atoms with E-state index in [4.69, 9.17) is 4.84 Å². The predicted octanol–water partition coefficient (Wildman–Crippen LogP) is 2.53. The second kappa shape index (κ2) is 5.77. The Hall–Kier alpha value is -2.02. The number of nitrogens with zero attached hydrogens (tertiary/aromatic N) is 3. The van der Waals surface area contributed by atoms with Crippen molar-refractivity contribution in [1.82, 2.24) is 14.6 Å². The molecule has 114 valence electrons. The topological polar surface area (TPSA) is 47.4 Å². The Bertz CT molecular complexity index is 670. The average Bonchev–Trinajstić information content (AvgIpc) is 2.81. The summed E-state index contributed by atoms with van der Waals surface area (Å²) in [7, 11) is 2.88. The molecule has 0 saturated heterocycles. The molecular formula is C14H17F2N3O2. The summed E-state index contributed by atoms with van der Waals surface area (Å²) in [6.07, 6.45) is 1.41. The molecule has 1 atom stereocenters. The number of rotatable bonds is 4. The van der Waals surface area contributed by atoms with Gasteiger partial charge in [-0.05, 0) is 5.92 Å². The van der Waals surface area contributed by atoms with E-state index in [1.807, 2.05) is 13.8 Å². The number of fused-ring (bicyclic) bond motifs is 1. The van der Waals surface area contributed by atoms with Crippen LogP contribution >= 0.6 is 0 Å². The molecule has 1 aromatic carbocycles. The van der Waals surface area contributed by atoms with Gasteiger partial charge in [0, 0.05) is 19.2 Å². The number of aromatic nitrogens is 2. The highest BCUT2D eigenvalue weighted by atomic mass is 19.2. The number of carbonyl (C=O) groups excluding carboxylic acids is 1. The zero-order chi connectivity index (χ0) is 15.7. The maximum Gasteiger partial charge on any atom is 0.269 e. The van der Waals surface area contributed by atoms with Crippen LogP contribution in [0.15, 0.2) is 18.5 Å². The van der Waals surface area contributed by atoms with Gasteiger partial charge >= 0.3 is 0 Å². The summed E-state index contributed by atoms with van der Waals surface area (Å²) >= 11 is 0. The minimum absolute atomic E-state index is 0.0828. The third kappa shape index (κ3) is 2.73. The zero-order valence-electron chi connectivity index (χ0n) is 12.3. The lowest BCUT2D eigenvalue weighted by Crippen LogP contribution is -2.36. The fourth-order valence-electron chi connectivity index (χ4n) is 2.25. The van der Waals surface area contributed by atoms with Gasteiger partial charge in [-0.1, -0.05) is 13.8 Å². The molecule has 0 bridgehead atoms. The predicted molar refractivity (Wildman–Crippen MR) is 73.3 cm³/mol. The second-order valence-corrected chi connectivity index (χ2v) is 5.11. The highest BCUT2D eigenvalue weighted by Gasteiger charge is 2.29. The maximum atomic E-state index is 13.5. The van der Waals surface area contributed by atoms with E-state index < -0.39 is 17.7 Å². The van der Waals surface area contributed by atoms with Crippen LogP contribution in [-0.4, -0.2) is 34.7 Å². The Kier molecular flexibility index (Phi) is 4.22. The molecule has 0 N–H and O–H groups in total. The molecule has 0 saturated carbocycles. The van der Waals surface area contributed by atoms with Gasteiger partial charge in [-0.3, -0.25) is 9.63 Å². The van der Waals surface area contributed by atoms with E-state index in [1.54, 1.807) is 4.57 Å². The van der Waals surface area contributed by atoms with Crippen molar-refractivity contribution in [1.29, 1.82) is 0 Å². The summed E-state index contributed by atoms with van der Waals surface area (Å²) in [6, 6.07) is 1.45. The Morgan fingerprint density at radius 3 is 2.52 bits per heavy atom. The van der Waals surface area contributed by atoms with Gasteiger partial charge in [0.1, 0.15) is 6.04 Å². The number of hydrogen-bond donors (Lipinski definition) is 0. The fourth-order valence-corrected chi connectivity index (χ4v) is 2.25. The smallest absolute Gasteiger partial charge is 0.269 e. The molecule has 0 unspecified atom stereocenters. The van der Waals surface area contributed by atoms with Crippen LogP contribution in [0, 0.1) is 17.6 Å². The van der Waals surface area contributed by atoms with Crippen LogP contribution in [0.1, 0.15) is 19.9 Å². The van der Waals surface area contributed by atoms with E-state index >= 15 is 0 Å². The number of hydroxylamine groups is 2. The Morgan fingerprint density at radius 2 is 1.95 bits per heavy atom. The molecule has 1 aromatic heterocycles. The number of likely N-dealkylation sites (N-methyl/N-ethyl adjacent to an activating group) is 1. The first kappa shape index (κ1) is 15.4. The van der Waals surface area contributed by atoms with E-state index in [2.05, 4.69) is 4.98 Å². The van der Waals surface area contributed by atoms with Gasteiger partial charge in [-0.15, -0.1) is 0 Å². The first-order chi connectivity index (χ1) is 9.86. The van der Waals surface area contributed by atoms with Crippen LogP contribution in [-0.2, 0) is 9.63 Å².